The topological polar surface area (TPSA) is 0 Å². The maximum absolute atomic E-state index is 4.17. The van der Waals surface area contributed by atoms with Gasteiger partial charge >= 0.3 is 0 Å². The minimum Gasteiger partial charge on any atom is -0.0654 e. The second-order valence-electron chi connectivity index (χ2n) is 14.0. The molecule has 247 valence electrons. The normalized spacial score (nSPS) is 12.4. The lowest BCUT2D eigenvalue weighted by Gasteiger charge is -2.16. The van der Waals surface area contributed by atoms with Crippen LogP contribution in [0.3, 0.4) is 0 Å². The minimum atomic E-state index is 0.969. The van der Waals surface area contributed by atoms with Crippen molar-refractivity contribution in [2.24, 2.45) is 5.92 Å². The van der Waals surface area contributed by atoms with E-state index < -0.39 is 0 Å². The van der Waals surface area contributed by atoms with Gasteiger partial charge in [-0.25, -0.2) is 0 Å². The van der Waals surface area contributed by atoms with Gasteiger partial charge < -0.3 is 0 Å². The molecule has 0 spiro atoms. The van der Waals surface area contributed by atoms with Crippen LogP contribution >= 0.6 is 0 Å². The van der Waals surface area contributed by atoms with Gasteiger partial charge in [0.05, 0.1) is 0 Å². The summed E-state index contributed by atoms with van der Waals surface area (Å²) in [5.74, 6) is 0.969. The van der Waals surface area contributed by atoms with Crippen LogP contribution in [-0.4, -0.2) is 0 Å². The third kappa shape index (κ3) is 36.1. The molecule has 0 aliphatic carbocycles. The van der Waals surface area contributed by atoms with E-state index in [2.05, 4.69) is 20.8 Å². The zero-order chi connectivity index (χ0) is 29.7. The van der Waals surface area contributed by atoms with Crippen LogP contribution in [0.25, 0.3) is 0 Å². The molecule has 0 aromatic carbocycles. The Hall–Kier alpha value is 0. The van der Waals surface area contributed by atoms with Crippen LogP contribution in [0.4, 0.5) is 0 Å². The summed E-state index contributed by atoms with van der Waals surface area (Å²) in [6, 6.07) is 0. The molecule has 0 aliphatic heterocycles. The third-order valence-corrected chi connectivity index (χ3v) is 9.79. The van der Waals surface area contributed by atoms with Crippen molar-refractivity contribution < 1.29 is 0 Å². The first kappa shape index (κ1) is 41.0. The van der Waals surface area contributed by atoms with Gasteiger partial charge in [-0.05, 0) is 5.92 Å². The molecule has 41 heavy (non-hydrogen) atoms. The van der Waals surface area contributed by atoms with Crippen molar-refractivity contribution in [1.29, 1.82) is 0 Å². The van der Waals surface area contributed by atoms with E-state index in [0.717, 1.165) is 12.3 Å². The van der Waals surface area contributed by atoms with Crippen LogP contribution in [0.2, 0.25) is 0 Å². The Morgan fingerprint density at radius 3 is 0.659 bits per heavy atom. The molecule has 0 nitrogen and oxygen atoms in total. The summed E-state index contributed by atoms with van der Waals surface area (Å²) >= 11 is 0. The summed E-state index contributed by atoms with van der Waals surface area (Å²) < 4.78 is 0. The molecular weight excluding hydrogens is 492 g/mol. The first-order valence-electron chi connectivity index (χ1n) is 20.1. The lowest BCUT2D eigenvalue weighted by Crippen LogP contribution is -2.00. The first-order valence-corrected chi connectivity index (χ1v) is 20.1. The Bertz CT molecular complexity index is 426. The highest BCUT2D eigenvalue weighted by Crippen LogP contribution is 2.23. The van der Waals surface area contributed by atoms with Crippen LogP contribution in [0.5, 0.6) is 0 Å². The van der Waals surface area contributed by atoms with Gasteiger partial charge in [-0.15, -0.1) is 0 Å². The largest absolute Gasteiger partial charge is 0.0654 e. The van der Waals surface area contributed by atoms with Gasteiger partial charge in [0.25, 0.3) is 0 Å². The molecule has 1 unspecified atom stereocenters. The Morgan fingerprint density at radius 1 is 0.268 bits per heavy atom. The predicted octanol–water partition coefficient (Wildman–Crippen LogP) is 15.9. The molecule has 0 rings (SSSR count). The van der Waals surface area contributed by atoms with Gasteiger partial charge in [0.2, 0.25) is 0 Å². The van der Waals surface area contributed by atoms with Crippen molar-refractivity contribution in [2.45, 2.75) is 251 Å². The van der Waals surface area contributed by atoms with Gasteiger partial charge in [-0.2, -0.15) is 0 Å². The summed E-state index contributed by atoms with van der Waals surface area (Å²) in [6.45, 7) is 8.79. The van der Waals surface area contributed by atoms with Gasteiger partial charge in [0.1, 0.15) is 0 Å². The summed E-state index contributed by atoms with van der Waals surface area (Å²) in [7, 11) is 0. The summed E-state index contributed by atoms with van der Waals surface area (Å²) in [5, 5.41) is 0. The van der Waals surface area contributed by atoms with Crippen molar-refractivity contribution in [3.8, 4) is 0 Å². The molecule has 1 atom stereocenters. The van der Waals surface area contributed by atoms with Gasteiger partial charge in [0.15, 0.2) is 0 Å². The fourth-order valence-corrected chi connectivity index (χ4v) is 6.86. The van der Waals surface area contributed by atoms with Crippen molar-refractivity contribution >= 4 is 0 Å². The van der Waals surface area contributed by atoms with E-state index in [1.165, 1.54) is 231 Å². The molecule has 0 saturated heterocycles. The average Bonchev–Trinajstić information content (AvgIpc) is 2.98. The lowest BCUT2D eigenvalue weighted by molar-refractivity contribution is 0.381. The van der Waals surface area contributed by atoms with E-state index in [4.69, 9.17) is 0 Å². The second kappa shape index (κ2) is 38.0. The fourth-order valence-electron chi connectivity index (χ4n) is 6.86. The SMILES string of the molecule is [CH2]CCC(CCCCCCCCCCCCC)CCCCCCCCCCCCCCCCCCCCCCCC. The number of unbranched alkanes of at least 4 members (excludes halogenated alkanes) is 31. The molecule has 0 heteroatoms. The Balaban J connectivity index is 3.30. The molecule has 0 heterocycles. The monoisotopic (exact) mass is 576 g/mol. The maximum atomic E-state index is 4.17. The van der Waals surface area contributed by atoms with Crippen LogP contribution in [0.15, 0.2) is 0 Å². The molecule has 0 aromatic rings. The number of hydrogen-bond acceptors (Lipinski definition) is 0. The maximum Gasteiger partial charge on any atom is -0.0414 e. The number of rotatable bonds is 37. The third-order valence-electron chi connectivity index (χ3n) is 9.79. The molecule has 0 fully saturated rings. The molecule has 1 radical (unpaired) electrons. The van der Waals surface area contributed by atoms with Crippen molar-refractivity contribution in [1.82, 2.24) is 0 Å². The zero-order valence-electron chi connectivity index (χ0n) is 29.4. The second-order valence-corrected chi connectivity index (χ2v) is 14.0. The highest BCUT2D eigenvalue weighted by Gasteiger charge is 2.07. The van der Waals surface area contributed by atoms with E-state index in [9.17, 15) is 0 Å². The van der Waals surface area contributed by atoms with E-state index in [0.29, 0.717) is 0 Å². The van der Waals surface area contributed by atoms with Crippen LogP contribution in [-0.2, 0) is 0 Å². The summed E-state index contributed by atoms with van der Waals surface area (Å²) in [6.07, 6.45) is 54.1. The minimum absolute atomic E-state index is 0.969. The van der Waals surface area contributed by atoms with Crippen LogP contribution < -0.4 is 0 Å². The molecule has 0 bridgehead atoms. The summed E-state index contributed by atoms with van der Waals surface area (Å²) in [5.41, 5.74) is 0. The smallest absolute Gasteiger partial charge is 0.0414 e. The van der Waals surface area contributed by atoms with Gasteiger partial charge in [-0.1, -0.05) is 258 Å². The molecule has 0 N–H and O–H groups in total. The highest BCUT2D eigenvalue weighted by atomic mass is 14.1. The molecule has 0 aliphatic rings. The van der Waals surface area contributed by atoms with Crippen molar-refractivity contribution in [3.63, 3.8) is 0 Å². The molecular formula is C41H83. The zero-order valence-corrected chi connectivity index (χ0v) is 29.4. The standard InChI is InChI=1S/C41H83/c1-4-7-9-11-13-15-17-18-19-20-21-22-23-24-25-26-27-29-31-33-35-37-40-41(38-6-3)39-36-34-32-30-28-16-14-12-10-8-5-2/h41H,3-40H2,1-2H3. The van der Waals surface area contributed by atoms with Crippen LogP contribution in [0, 0.1) is 12.8 Å². The molecule has 0 saturated carbocycles. The highest BCUT2D eigenvalue weighted by molar-refractivity contribution is 4.62. The summed E-state index contributed by atoms with van der Waals surface area (Å²) in [4.78, 5) is 0. The van der Waals surface area contributed by atoms with Crippen molar-refractivity contribution in [3.05, 3.63) is 6.92 Å². The predicted molar refractivity (Wildman–Crippen MR) is 191 cm³/mol. The average molecular weight is 576 g/mol. The molecule has 0 amide bonds. The van der Waals surface area contributed by atoms with Crippen molar-refractivity contribution in [2.75, 3.05) is 0 Å². The Morgan fingerprint density at radius 2 is 0.463 bits per heavy atom. The van der Waals surface area contributed by atoms with E-state index in [-0.39, 0.29) is 0 Å². The Labute approximate surface area is 263 Å². The molecule has 0 aromatic heterocycles. The van der Waals surface area contributed by atoms with Crippen LogP contribution in [0.1, 0.15) is 251 Å². The first-order chi connectivity index (χ1) is 20.3. The Kier molecular flexibility index (Phi) is 38.0. The fraction of sp³-hybridized carbons (Fsp3) is 0.976. The van der Waals surface area contributed by atoms with E-state index in [1.807, 2.05) is 0 Å². The van der Waals surface area contributed by atoms with E-state index in [1.54, 1.807) is 0 Å². The van der Waals surface area contributed by atoms with E-state index >= 15 is 0 Å². The lowest BCUT2D eigenvalue weighted by atomic mass is 9.90. The number of hydrogen-bond donors (Lipinski definition) is 0. The van der Waals surface area contributed by atoms with Gasteiger partial charge in [-0.3, -0.25) is 0 Å². The van der Waals surface area contributed by atoms with Gasteiger partial charge in [0, 0.05) is 0 Å². The quantitative estimate of drug-likeness (QED) is 0.0646.